The molecule has 1 aromatic rings. The fraction of sp³-hybridized carbons (Fsp3) is 0.385. The largest absolute Gasteiger partial charge is 0.337 e. The van der Waals surface area contributed by atoms with E-state index in [2.05, 4.69) is 27.3 Å². The minimum absolute atomic E-state index is 0.0912. The Labute approximate surface area is 110 Å². The summed E-state index contributed by atoms with van der Waals surface area (Å²) >= 11 is 3.34. The fourth-order valence-electron chi connectivity index (χ4n) is 1.47. The lowest BCUT2D eigenvalue weighted by molar-refractivity contribution is -0.122. The summed E-state index contributed by atoms with van der Waals surface area (Å²) in [5, 5.41) is 11.8. The van der Waals surface area contributed by atoms with Crippen molar-refractivity contribution in [2.75, 3.05) is 0 Å². The molecular weight excluding hydrogens is 280 g/mol. The van der Waals surface area contributed by atoms with Gasteiger partial charge in [-0.25, -0.2) is 0 Å². The molecule has 90 valence electrons. The molecule has 17 heavy (non-hydrogen) atoms. The highest BCUT2D eigenvalue weighted by atomic mass is 79.9. The first-order valence-corrected chi connectivity index (χ1v) is 6.26. The summed E-state index contributed by atoms with van der Waals surface area (Å²) < 4.78 is 0.897. The SMILES string of the molecule is CC(C)CC(=O)NC(C#N)c1cccc(Br)c1. The van der Waals surface area contributed by atoms with Crippen molar-refractivity contribution in [1.82, 2.24) is 5.32 Å². The minimum Gasteiger partial charge on any atom is -0.337 e. The van der Waals surface area contributed by atoms with Crippen LogP contribution < -0.4 is 5.32 Å². The summed E-state index contributed by atoms with van der Waals surface area (Å²) in [7, 11) is 0. The van der Waals surface area contributed by atoms with Gasteiger partial charge in [-0.2, -0.15) is 5.26 Å². The van der Waals surface area contributed by atoms with Gasteiger partial charge in [0.2, 0.25) is 5.91 Å². The van der Waals surface area contributed by atoms with Crippen LogP contribution in [0.4, 0.5) is 0 Å². The molecule has 4 heteroatoms. The molecule has 0 heterocycles. The van der Waals surface area contributed by atoms with E-state index >= 15 is 0 Å². The number of nitrogens with zero attached hydrogens (tertiary/aromatic N) is 1. The lowest BCUT2D eigenvalue weighted by Crippen LogP contribution is -2.28. The lowest BCUT2D eigenvalue weighted by atomic mass is 10.1. The number of halogens is 1. The number of carbonyl (C=O) groups is 1. The van der Waals surface area contributed by atoms with Gasteiger partial charge in [0.1, 0.15) is 6.04 Å². The topological polar surface area (TPSA) is 52.9 Å². The highest BCUT2D eigenvalue weighted by molar-refractivity contribution is 9.10. The Morgan fingerprint density at radius 3 is 2.76 bits per heavy atom. The van der Waals surface area contributed by atoms with E-state index in [9.17, 15) is 4.79 Å². The Morgan fingerprint density at radius 2 is 2.24 bits per heavy atom. The van der Waals surface area contributed by atoms with Crippen LogP contribution in [0, 0.1) is 17.2 Å². The van der Waals surface area contributed by atoms with Crippen molar-refractivity contribution in [3.05, 3.63) is 34.3 Å². The number of benzene rings is 1. The van der Waals surface area contributed by atoms with E-state index in [0.29, 0.717) is 6.42 Å². The molecule has 0 aliphatic heterocycles. The van der Waals surface area contributed by atoms with Gasteiger partial charge in [-0.1, -0.05) is 41.9 Å². The average Bonchev–Trinajstić information content (AvgIpc) is 2.24. The predicted octanol–water partition coefficient (Wildman–Crippen LogP) is 3.18. The van der Waals surface area contributed by atoms with Crippen molar-refractivity contribution < 1.29 is 4.79 Å². The van der Waals surface area contributed by atoms with E-state index < -0.39 is 6.04 Å². The van der Waals surface area contributed by atoms with Crippen LogP contribution in [0.15, 0.2) is 28.7 Å². The Bertz CT molecular complexity index is 437. The van der Waals surface area contributed by atoms with E-state index in [1.54, 1.807) is 0 Å². The third-order valence-corrected chi connectivity index (χ3v) is 2.70. The third kappa shape index (κ3) is 4.58. The number of rotatable bonds is 4. The van der Waals surface area contributed by atoms with Crippen LogP contribution in [0.5, 0.6) is 0 Å². The second kappa shape index (κ2) is 6.41. The molecule has 0 aliphatic rings. The summed E-state index contributed by atoms with van der Waals surface area (Å²) in [6, 6.07) is 8.91. The molecule has 3 nitrogen and oxygen atoms in total. The van der Waals surface area contributed by atoms with E-state index in [4.69, 9.17) is 5.26 Å². The standard InChI is InChI=1S/C13H15BrN2O/c1-9(2)6-13(17)16-12(8-15)10-4-3-5-11(14)7-10/h3-5,7,9,12H,6H2,1-2H3,(H,16,17). The molecule has 0 bridgehead atoms. The molecule has 0 saturated carbocycles. The Kier molecular flexibility index (Phi) is 5.17. The molecule has 0 spiro atoms. The number of hydrogen-bond donors (Lipinski definition) is 1. The predicted molar refractivity (Wildman–Crippen MR) is 70.1 cm³/mol. The van der Waals surface area contributed by atoms with Crippen molar-refractivity contribution in [2.24, 2.45) is 5.92 Å². The molecule has 0 saturated heterocycles. The molecule has 1 unspecified atom stereocenters. The molecule has 1 N–H and O–H groups in total. The first-order valence-electron chi connectivity index (χ1n) is 5.47. The third-order valence-electron chi connectivity index (χ3n) is 2.21. The zero-order valence-corrected chi connectivity index (χ0v) is 11.5. The van der Waals surface area contributed by atoms with Crippen molar-refractivity contribution in [1.29, 1.82) is 5.26 Å². The zero-order chi connectivity index (χ0) is 12.8. The smallest absolute Gasteiger partial charge is 0.221 e. The lowest BCUT2D eigenvalue weighted by Gasteiger charge is -2.13. The Morgan fingerprint density at radius 1 is 1.53 bits per heavy atom. The average molecular weight is 295 g/mol. The Hall–Kier alpha value is -1.34. The Balaban J connectivity index is 2.73. The minimum atomic E-state index is -0.584. The molecule has 0 aromatic heterocycles. The second-order valence-corrected chi connectivity index (χ2v) is 5.20. The molecule has 1 aromatic carbocycles. The monoisotopic (exact) mass is 294 g/mol. The first-order chi connectivity index (χ1) is 8.02. The summed E-state index contributed by atoms with van der Waals surface area (Å²) in [5.41, 5.74) is 0.791. The molecule has 1 atom stereocenters. The number of nitriles is 1. The summed E-state index contributed by atoms with van der Waals surface area (Å²) in [4.78, 5) is 11.6. The van der Waals surface area contributed by atoms with Crippen molar-refractivity contribution in [3.8, 4) is 6.07 Å². The van der Waals surface area contributed by atoms with Crippen LogP contribution in [0.2, 0.25) is 0 Å². The number of nitrogens with one attached hydrogen (secondary N) is 1. The van der Waals surface area contributed by atoms with E-state index in [1.807, 2.05) is 38.1 Å². The van der Waals surface area contributed by atoms with Crippen LogP contribution in [0.3, 0.4) is 0 Å². The van der Waals surface area contributed by atoms with Crippen LogP contribution in [0.25, 0.3) is 0 Å². The zero-order valence-electron chi connectivity index (χ0n) is 9.90. The molecule has 0 radical (unpaired) electrons. The van der Waals surface area contributed by atoms with Gasteiger partial charge < -0.3 is 5.32 Å². The fourth-order valence-corrected chi connectivity index (χ4v) is 1.88. The van der Waals surface area contributed by atoms with E-state index in [-0.39, 0.29) is 11.8 Å². The number of amides is 1. The maximum Gasteiger partial charge on any atom is 0.221 e. The van der Waals surface area contributed by atoms with Gasteiger partial charge in [0.25, 0.3) is 0 Å². The second-order valence-electron chi connectivity index (χ2n) is 4.28. The van der Waals surface area contributed by atoms with Gasteiger partial charge in [-0.3, -0.25) is 4.79 Å². The maximum atomic E-state index is 11.6. The van der Waals surface area contributed by atoms with Gasteiger partial charge in [0.05, 0.1) is 6.07 Å². The van der Waals surface area contributed by atoms with Crippen LogP contribution in [-0.4, -0.2) is 5.91 Å². The van der Waals surface area contributed by atoms with Gasteiger partial charge in [-0.15, -0.1) is 0 Å². The van der Waals surface area contributed by atoms with Gasteiger partial charge in [0, 0.05) is 10.9 Å². The quantitative estimate of drug-likeness (QED) is 0.927. The van der Waals surface area contributed by atoms with Crippen LogP contribution in [-0.2, 0) is 4.79 Å². The van der Waals surface area contributed by atoms with Crippen molar-refractivity contribution in [3.63, 3.8) is 0 Å². The van der Waals surface area contributed by atoms with Gasteiger partial charge >= 0.3 is 0 Å². The van der Waals surface area contributed by atoms with E-state index in [1.165, 1.54) is 0 Å². The molecule has 1 rings (SSSR count). The molecule has 0 aliphatic carbocycles. The molecule has 1 amide bonds. The normalized spacial score (nSPS) is 11.9. The van der Waals surface area contributed by atoms with Crippen molar-refractivity contribution in [2.45, 2.75) is 26.3 Å². The molecule has 0 fully saturated rings. The van der Waals surface area contributed by atoms with Gasteiger partial charge in [0.15, 0.2) is 0 Å². The summed E-state index contributed by atoms with van der Waals surface area (Å²) in [6.07, 6.45) is 0.437. The van der Waals surface area contributed by atoms with Crippen LogP contribution >= 0.6 is 15.9 Å². The van der Waals surface area contributed by atoms with Crippen LogP contribution in [0.1, 0.15) is 31.9 Å². The number of hydrogen-bond acceptors (Lipinski definition) is 2. The van der Waals surface area contributed by atoms with E-state index in [0.717, 1.165) is 10.0 Å². The maximum absolute atomic E-state index is 11.6. The summed E-state index contributed by atoms with van der Waals surface area (Å²) in [5.74, 6) is 0.198. The molecular formula is C13H15BrN2O. The number of carbonyl (C=O) groups excluding carboxylic acids is 1. The summed E-state index contributed by atoms with van der Waals surface area (Å²) in [6.45, 7) is 3.94. The van der Waals surface area contributed by atoms with Gasteiger partial charge in [-0.05, 0) is 23.6 Å². The first kappa shape index (κ1) is 13.7. The highest BCUT2D eigenvalue weighted by Crippen LogP contribution is 2.18. The van der Waals surface area contributed by atoms with Crippen molar-refractivity contribution >= 4 is 21.8 Å². The highest BCUT2D eigenvalue weighted by Gasteiger charge is 2.14.